The van der Waals surface area contributed by atoms with Crippen LogP contribution in [0.4, 0.5) is 0 Å². The molecule has 0 atom stereocenters. The lowest BCUT2D eigenvalue weighted by atomic mass is 10.2. The molecule has 2 heteroatoms. The Morgan fingerprint density at radius 2 is 1.86 bits per heavy atom. The Bertz CT molecular complexity index is 148. The molecule has 0 aliphatic carbocycles. The SMILES string of the molecule is C/C=C\C=C(/C)CNCCNC.CC. The average Bonchev–Trinajstić information content (AvgIpc) is 2.24. The van der Waals surface area contributed by atoms with Gasteiger partial charge in [0, 0.05) is 19.6 Å². The zero-order valence-corrected chi connectivity index (χ0v) is 10.4. The van der Waals surface area contributed by atoms with Gasteiger partial charge in [-0.25, -0.2) is 0 Å². The van der Waals surface area contributed by atoms with Gasteiger partial charge in [-0.05, 0) is 20.9 Å². The predicted octanol–water partition coefficient (Wildman–Crippen LogP) is 2.34. The maximum absolute atomic E-state index is 3.33. The van der Waals surface area contributed by atoms with E-state index < -0.39 is 0 Å². The number of nitrogens with one attached hydrogen (secondary N) is 2. The van der Waals surface area contributed by atoms with Crippen molar-refractivity contribution in [3.05, 3.63) is 23.8 Å². The van der Waals surface area contributed by atoms with Crippen molar-refractivity contribution in [1.29, 1.82) is 0 Å². The fraction of sp³-hybridized carbons (Fsp3) is 0.667. The lowest BCUT2D eigenvalue weighted by Gasteiger charge is -2.03. The zero-order valence-electron chi connectivity index (χ0n) is 10.4. The highest BCUT2D eigenvalue weighted by Crippen LogP contribution is 1.89. The van der Waals surface area contributed by atoms with Crippen LogP contribution in [0.15, 0.2) is 23.8 Å². The Balaban J connectivity index is 0. The Kier molecular flexibility index (Phi) is 16.9. The van der Waals surface area contributed by atoms with Crippen molar-refractivity contribution in [3.63, 3.8) is 0 Å². The summed E-state index contributed by atoms with van der Waals surface area (Å²) in [5, 5.41) is 6.42. The van der Waals surface area contributed by atoms with E-state index in [1.807, 2.05) is 33.9 Å². The molecule has 0 saturated carbocycles. The van der Waals surface area contributed by atoms with Crippen LogP contribution in [-0.4, -0.2) is 26.7 Å². The Labute approximate surface area is 89.5 Å². The van der Waals surface area contributed by atoms with Gasteiger partial charge in [0.15, 0.2) is 0 Å². The fourth-order valence-corrected chi connectivity index (χ4v) is 0.818. The van der Waals surface area contributed by atoms with Crippen LogP contribution in [0.5, 0.6) is 0 Å². The average molecular weight is 198 g/mol. The fourth-order valence-electron chi connectivity index (χ4n) is 0.818. The topological polar surface area (TPSA) is 24.1 Å². The van der Waals surface area contributed by atoms with Crippen LogP contribution in [-0.2, 0) is 0 Å². The summed E-state index contributed by atoms with van der Waals surface area (Å²) < 4.78 is 0. The van der Waals surface area contributed by atoms with E-state index in [1.165, 1.54) is 5.57 Å². The molecule has 0 aromatic heterocycles. The van der Waals surface area contributed by atoms with Crippen LogP contribution in [0.1, 0.15) is 27.7 Å². The van der Waals surface area contributed by atoms with E-state index >= 15 is 0 Å². The molecule has 14 heavy (non-hydrogen) atoms. The molecular weight excluding hydrogens is 172 g/mol. The van der Waals surface area contributed by atoms with Crippen LogP contribution < -0.4 is 10.6 Å². The molecule has 84 valence electrons. The van der Waals surface area contributed by atoms with Crippen molar-refractivity contribution < 1.29 is 0 Å². The van der Waals surface area contributed by atoms with Crippen molar-refractivity contribution in [3.8, 4) is 0 Å². The van der Waals surface area contributed by atoms with Crippen molar-refractivity contribution >= 4 is 0 Å². The largest absolute Gasteiger partial charge is 0.318 e. The van der Waals surface area contributed by atoms with Gasteiger partial charge in [-0.1, -0.05) is 37.6 Å². The third-order valence-electron chi connectivity index (χ3n) is 1.53. The zero-order chi connectivity index (χ0) is 11.2. The molecule has 0 heterocycles. The summed E-state index contributed by atoms with van der Waals surface area (Å²) >= 11 is 0. The number of rotatable bonds is 6. The second kappa shape index (κ2) is 14.9. The number of allylic oxidation sites excluding steroid dienone is 3. The summed E-state index contributed by atoms with van der Waals surface area (Å²) in [4.78, 5) is 0. The van der Waals surface area contributed by atoms with E-state index in [-0.39, 0.29) is 0 Å². The second-order valence-corrected chi connectivity index (χ2v) is 2.82. The first-order chi connectivity index (χ1) is 6.81. The van der Waals surface area contributed by atoms with Crippen LogP contribution in [0.2, 0.25) is 0 Å². The van der Waals surface area contributed by atoms with E-state index in [0.717, 1.165) is 19.6 Å². The molecule has 0 fully saturated rings. The molecule has 0 spiro atoms. The summed E-state index contributed by atoms with van der Waals surface area (Å²) in [5.74, 6) is 0. The van der Waals surface area contributed by atoms with Gasteiger partial charge in [-0.3, -0.25) is 0 Å². The Hall–Kier alpha value is -0.600. The third kappa shape index (κ3) is 14.0. The molecule has 0 radical (unpaired) electrons. The molecule has 0 amide bonds. The van der Waals surface area contributed by atoms with Crippen molar-refractivity contribution in [2.45, 2.75) is 27.7 Å². The first-order valence-corrected chi connectivity index (χ1v) is 5.45. The van der Waals surface area contributed by atoms with E-state index in [9.17, 15) is 0 Å². The summed E-state index contributed by atoms with van der Waals surface area (Å²) in [6.07, 6.45) is 6.23. The molecule has 0 aliphatic heterocycles. The van der Waals surface area contributed by atoms with Gasteiger partial charge in [0.1, 0.15) is 0 Å². The van der Waals surface area contributed by atoms with Gasteiger partial charge in [0.25, 0.3) is 0 Å². The minimum atomic E-state index is 0.978. The molecule has 0 aromatic carbocycles. The summed E-state index contributed by atoms with van der Waals surface area (Å²) in [6, 6.07) is 0. The molecule has 2 N–H and O–H groups in total. The van der Waals surface area contributed by atoms with E-state index in [4.69, 9.17) is 0 Å². The predicted molar refractivity (Wildman–Crippen MR) is 66.7 cm³/mol. The maximum atomic E-state index is 3.33. The highest BCUT2D eigenvalue weighted by atomic mass is 14.9. The quantitative estimate of drug-likeness (QED) is 0.506. The number of likely N-dealkylation sites (N-methyl/N-ethyl adjacent to an activating group) is 1. The van der Waals surface area contributed by atoms with E-state index in [1.54, 1.807) is 0 Å². The van der Waals surface area contributed by atoms with E-state index in [2.05, 4.69) is 29.7 Å². The Morgan fingerprint density at radius 3 is 2.36 bits per heavy atom. The monoisotopic (exact) mass is 198 g/mol. The van der Waals surface area contributed by atoms with Gasteiger partial charge < -0.3 is 10.6 Å². The lowest BCUT2D eigenvalue weighted by molar-refractivity contribution is 0.680. The minimum absolute atomic E-state index is 0.978. The van der Waals surface area contributed by atoms with Crippen molar-refractivity contribution in [1.82, 2.24) is 10.6 Å². The maximum Gasteiger partial charge on any atom is 0.0165 e. The molecule has 0 aromatic rings. The third-order valence-corrected chi connectivity index (χ3v) is 1.53. The van der Waals surface area contributed by atoms with E-state index in [0.29, 0.717) is 0 Å². The van der Waals surface area contributed by atoms with Crippen LogP contribution in [0.3, 0.4) is 0 Å². The van der Waals surface area contributed by atoms with Crippen molar-refractivity contribution in [2.75, 3.05) is 26.7 Å². The van der Waals surface area contributed by atoms with Gasteiger partial charge >= 0.3 is 0 Å². The van der Waals surface area contributed by atoms with Gasteiger partial charge in [-0.15, -0.1) is 0 Å². The first kappa shape index (κ1) is 15.9. The van der Waals surface area contributed by atoms with Crippen LogP contribution >= 0.6 is 0 Å². The molecular formula is C12H26N2. The summed E-state index contributed by atoms with van der Waals surface area (Å²) in [5.41, 5.74) is 1.37. The lowest BCUT2D eigenvalue weighted by Crippen LogP contribution is -2.26. The number of hydrogen-bond donors (Lipinski definition) is 2. The van der Waals surface area contributed by atoms with Crippen molar-refractivity contribution in [2.24, 2.45) is 0 Å². The molecule has 0 aliphatic rings. The van der Waals surface area contributed by atoms with Crippen LogP contribution in [0, 0.1) is 0 Å². The molecule has 0 saturated heterocycles. The highest BCUT2D eigenvalue weighted by Gasteiger charge is 1.86. The smallest absolute Gasteiger partial charge is 0.0165 e. The molecule has 0 unspecified atom stereocenters. The van der Waals surface area contributed by atoms with Gasteiger partial charge in [0.2, 0.25) is 0 Å². The van der Waals surface area contributed by atoms with Gasteiger partial charge in [-0.2, -0.15) is 0 Å². The Morgan fingerprint density at radius 1 is 1.21 bits per heavy atom. The molecule has 0 bridgehead atoms. The number of hydrogen-bond acceptors (Lipinski definition) is 2. The molecule has 0 rings (SSSR count). The summed E-state index contributed by atoms with van der Waals surface area (Å²) in [7, 11) is 1.96. The first-order valence-electron chi connectivity index (χ1n) is 5.45. The highest BCUT2D eigenvalue weighted by molar-refractivity contribution is 5.10. The van der Waals surface area contributed by atoms with Crippen LogP contribution in [0.25, 0.3) is 0 Å². The minimum Gasteiger partial charge on any atom is -0.318 e. The molecule has 2 nitrogen and oxygen atoms in total. The normalized spacial score (nSPS) is 11.4. The van der Waals surface area contributed by atoms with Gasteiger partial charge in [0.05, 0.1) is 0 Å². The standard InChI is InChI=1S/C10H20N2.C2H6/c1-4-5-6-10(2)9-12-8-7-11-3;1-2/h4-6,11-12H,7-9H2,1-3H3;1-2H3/b5-4-,10-6+;. The second-order valence-electron chi connectivity index (χ2n) is 2.82. The summed E-state index contributed by atoms with van der Waals surface area (Å²) in [6.45, 7) is 11.2.